The van der Waals surface area contributed by atoms with Crippen LogP contribution in [0.4, 0.5) is 0 Å². The van der Waals surface area contributed by atoms with Crippen molar-refractivity contribution in [3.05, 3.63) is 34.4 Å². The molecular formula is C18H27ClN4O2S2. The first kappa shape index (κ1) is 22.2. The molecule has 1 aliphatic rings. The van der Waals surface area contributed by atoms with Crippen LogP contribution >= 0.6 is 35.5 Å². The number of amides is 1. The van der Waals surface area contributed by atoms with Crippen molar-refractivity contribution < 1.29 is 9.21 Å². The van der Waals surface area contributed by atoms with E-state index >= 15 is 0 Å². The van der Waals surface area contributed by atoms with E-state index in [2.05, 4.69) is 30.7 Å². The molecule has 2 aromatic heterocycles. The normalized spacial score (nSPS) is 25.8. The zero-order valence-corrected chi connectivity index (χ0v) is 18.2. The van der Waals surface area contributed by atoms with Gasteiger partial charge in [0.05, 0.1) is 17.0 Å². The summed E-state index contributed by atoms with van der Waals surface area (Å²) in [6.07, 6.45) is 4.94. The maximum absolute atomic E-state index is 12.0. The Hall–Kier alpha value is -1.09. The van der Waals surface area contributed by atoms with Gasteiger partial charge in [-0.2, -0.15) is 0 Å². The molecular weight excluding hydrogens is 404 g/mol. The van der Waals surface area contributed by atoms with Gasteiger partial charge in [0.25, 0.3) is 0 Å². The highest BCUT2D eigenvalue weighted by molar-refractivity contribution is 7.99. The lowest BCUT2D eigenvalue weighted by Crippen LogP contribution is -2.45. The minimum Gasteiger partial charge on any atom is -0.444 e. The van der Waals surface area contributed by atoms with Crippen molar-refractivity contribution in [2.24, 2.45) is 17.4 Å². The van der Waals surface area contributed by atoms with Crippen LogP contribution in [0.2, 0.25) is 0 Å². The van der Waals surface area contributed by atoms with E-state index < -0.39 is 0 Å². The number of nitrogens with two attached hydrogens (primary N) is 2. The maximum Gasteiger partial charge on any atom is 0.221 e. The smallest absolute Gasteiger partial charge is 0.221 e. The molecule has 1 amide bonds. The largest absolute Gasteiger partial charge is 0.444 e. The monoisotopic (exact) mass is 430 g/mol. The Balaban J connectivity index is 0.00000261. The summed E-state index contributed by atoms with van der Waals surface area (Å²) in [4.78, 5) is 20.8. The molecule has 0 saturated heterocycles. The van der Waals surface area contributed by atoms with Gasteiger partial charge < -0.3 is 15.9 Å². The fraction of sp³-hybridized carbons (Fsp3) is 0.611. The van der Waals surface area contributed by atoms with Crippen molar-refractivity contribution in [1.29, 1.82) is 0 Å². The summed E-state index contributed by atoms with van der Waals surface area (Å²) in [6, 6.07) is -0.0125. The van der Waals surface area contributed by atoms with E-state index in [-0.39, 0.29) is 46.9 Å². The second-order valence-corrected chi connectivity index (χ2v) is 9.99. The first-order valence-electron chi connectivity index (χ1n) is 8.76. The molecule has 1 fully saturated rings. The van der Waals surface area contributed by atoms with E-state index in [0.29, 0.717) is 18.1 Å². The van der Waals surface area contributed by atoms with Crippen LogP contribution in [0.15, 0.2) is 22.2 Å². The highest BCUT2D eigenvalue weighted by Gasteiger charge is 2.40. The van der Waals surface area contributed by atoms with Gasteiger partial charge in [-0.05, 0) is 12.8 Å². The summed E-state index contributed by atoms with van der Waals surface area (Å²) < 4.78 is 5.86. The van der Waals surface area contributed by atoms with Gasteiger partial charge in [0.1, 0.15) is 5.76 Å². The third kappa shape index (κ3) is 5.25. The topological polar surface area (TPSA) is 108 Å². The molecule has 150 valence electrons. The highest BCUT2D eigenvalue weighted by atomic mass is 35.5. The summed E-state index contributed by atoms with van der Waals surface area (Å²) in [6.45, 7) is 6.28. The van der Waals surface area contributed by atoms with Gasteiger partial charge in [-0.25, -0.2) is 9.97 Å². The van der Waals surface area contributed by atoms with Gasteiger partial charge in [0.15, 0.2) is 0 Å². The van der Waals surface area contributed by atoms with Crippen LogP contribution in [0.5, 0.6) is 0 Å². The average molecular weight is 431 g/mol. The number of halogens is 1. The lowest BCUT2D eigenvalue weighted by molar-refractivity contribution is -0.123. The highest BCUT2D eigenvalue weighted by Crippen LogP contribution is 2.42. The van der Waals surface area contributed by atoms with Crippen LogP contribution in [-0.4, -0.2) is 27.2 Å². The molecule has 3 rings (SSSR count). The van der Waals surface area contributed by atoms with Crippen LogP contribution in [-0.2, 0) is 16.0 Å². The standard InChI is InChI=1S/C18H26N4O2S2.ClH/c1-18(2,3)14-8-22-15(24-14)9-26-13-7-10(16(20)23)11(6-12(13)19)17-21-4-5-25-17;/h4-5,8,10-13H,6-7,9,19H2,1-3H3,(H2,20,23);1H. The summed E-state index contributed by atoms with van der Waals surface area (Å²) >= 11 is 3.26. The molecule has 2 aromatic rings. The van der Waals surface area contributed by atoms with Crippen molar-refractivity contribution in [2.45, 2.75) is 62.0 Å². The zero-order valence-electron chi connectivity index (χ0n) is 15.8. The number of thioether (sulfide) groups is 1. The van der Waals surface area contributed by atoms with Gasteiger partial charge in [0.2, 0.25) is 11.8 Å². The molecule has 4 N–H and O–H groups in total. The second kappa shape index (κ2) is 8.94. The van der Waals surface area contributed by atoms with E-state index in [1.54, 1.807) is 35.5 Å². The number of carbonyl (C=O) groups excluding carboxylic acids is 1. The van der Waals surface area contributed by atoms with E-state index in [1.165, 1.54) is 0 Å². The third-order valence-corrected chi connectivity index (χ3v) is 7.11. The average Bonchev–Trinajstić information content (AvgIpc) is 3.24. The predicted molar refractivity (Wildman–Crippen MR) is 112 cm³/mol. The lowest BCUT2D eigenvalue weighted by Gasteiger charge is -2.37. The molecule has 2 heterocycles. The minimum absolute atomic E-state index is 0. The Morgan fingerprint density at radius 2 is 2.11 bits per heavy atom. The molecule has 1 aliphatic carbocycles. The number of thiazole rings is 1. The van der Waals surface area contributed by atoms with Crippen LogP contribution in [0.1, 0.15) is 56.2 Å². The molecule has 0 aromatic carbocycles. The molecule has 9 heteroatoms. The summed E-state index contributed by atoms with van der Waals surface area (Å²) in [5, 5.41) is 3.03. The predicted octanol–water partition coefficient (Wildman–Crippen LogP) is 3.46. The Morgan fingerprint density at radius 3 is 2.67 bits per heavy atom. The van der Waals surface area contributed by atoms with Gasteiger partial charge in [-0.15, -0.1) is 35.5 Å². The SMILES string of the molecule is CC(C)(C)c1cnc(CSC2CC(C(N)=O)C(c3nccs3)CC2N)o1.Cl. The number of hydrogen-bond acceptors (Lipinski definition) is 7. The molecule has 0 radical (unpaired) electrons. The van der Waals surface area contributed by atoms with Crippen LogP contribution in [0.3, 0.4) is 0 Å². The van der Waals surface area contributed by atoms with Gasteiger partial charge >= 0.3 is 0 Å². The van der Waals surface area contributed by atoms with Crippen molar-refractivity contribution in [3.8, 4) is 0 Å². The lowest BCUT2D eigenvalue weighted by atomic mass is 9.76. The quantitative estimate of drug-likeness (QED) is 0.751. The van der Waals surface area contributed by atoms with Crippen molar-refractivity contribution in [2.75, 3.05) is 0 Å². The molecule has 4 unspecified atom stereocenters. The molecule has 4 atom stereocenters. The fourth-order valence-corrected chi connectivity index (χ4v) is 5.31. The Bertz CT molecular complexity index is 745. The van der Waals surface area contributed by atoms with Gasteiger partial charge in [-0.3, -0.25) is 4.79 Å². The Kier molecular flexibility index (Phi) is 7.35. The van der Waals surface area contributed by atoms with E-state index in [9.17, 15) is 4.79 Å². The van der Waals surface area contributed by atoms with Crippen LogP contribution < -0.4 is 11.5 Å². The van der Waals surface area contributed by atoms with Gasteiger partial charge in [-0.1, -0.05) is 20.8 Å². The number of nitrogens with zero attached hydrogens (tertiary/aromatic N) is 2. The Morgan fingerprint density at radius 1 is 1.37 bits per heavy atom. The minimum atomic E-state index is -0.270. The summed E-state index contributed by atoms with van der Waals surface area (Å²) in [5.41, 5.74) is 12.1. The van der Waals surface area contributed by atoms with Crippen molar-refractivity contribution >= 4 is 41.4 Å². The number of carbonyl (C=O) groups is 1. The zero-order chi connectivity index (χ0) is 18.9. The maximum atomic E-state index is 12.0. The van der Waals surface area contributed by atoms with Gasteiger partial charge in [0, 0.05) is 40.1 Å². The second-order valence-electron chi connectivity index (χ2n) is 7.84. The summed E-state index contributed by atoms with van der Waals surface area (Å²) in [5.74, 6) is 1.74. The Labute approximate surface area is 174 Å². The number of oxazole rings is 1. The molecule has 0 spiro atoms. The van der Waals surface area contributed by atoms with E-state index in [1.807, 2.05) is 5.38 Å². The van der Waals surface area contributed by atoms with Crippen LogP contribution in [0, 0.1) is 5.92 Å². The molecule has 1 saturated carbocycles. The first-order chi connectivity index (χ1) is 12.3. The number of aromatic nitrogens is 2. The molecule has 6 nitrogen and oxygen atoms in total. The third-order valence-electron chi connectivity index (χ3n) is 4.82. The van der Waals surface area contributed by atoms with Crippen molar-refractivity contribution in [3.63, 3.8) is 0 Å². The number of primary amides is 1. The molecule has 0 bridgehead atoms. The van der Waals surface area contributed by atoms with Crippen molar-refractivity contribution in [1.82, 2.24) is 9.97 Å². The molecule has 27 heavy (non-hydrogen) atoms. The number of rotatable bonds is 5. The molecule has 0 aliphatic heterocycles. The first-order valence-corrected chi connectivity index (χ1v) is 10.7. The summed E-state index contributed by atoms with van der Waals surface area (Å²) in [7, 11) is 0. The van der Waals surface area contributed by atoms with E-state index in [0.717, 1.165) is 17.2 Å². The van der Waals surface area contributed by atoms with Crippen LogP contribution in [0.25, 0.3) is 0 Å². The fourth-order valence-electron chi connectivity index (χ4n) is 3.30. The van der Waals surface area contributed by atoms with E-state index in [4.69, 9.17) is 15.9 Å². The number of hydrogen-bond donors (Lipinski definition) is 2.